The molecule has 2 aromatic rings. The number of rotatable bonds is 4. The van der Waals surface area contributed by atoms with Gasteiger partial charge >= 0.3 is 0 Å². The first-order valence-electron chi connectivity index (χ1n) is 5.87. The Kier molecular flexibility index (Phi) is 4.31. The first-order valence-corrected chi connectivity index (χ1v) is 6.66. The molecule has 0 aliphatic carbocycles. The lowest BCUT2D eigenvalue weighted by atomic mass is 10.2. The zero-order valence-corrected chi connectivity index (χ0v) is 12.0. The van der Waals surface area contributed by atoms with E-state index in [4.69, 9.17) is 5.73 Å². The Hall–Kier alpha value is -1.27. The third-order valence-electron chi connectivity index (χ3n) is 2.77. The molecule has 1 aromatic carbocycles. The number of aromatic nitrogens is 2. The average molecular weight is 330 g/mol. The van der Waals surface area contributed by atoms with Crippen molar-refractivity contribution in [3.63, 3.8) is 0 Å². The number of imidazole rings is 1. The smallest absolute Gasteiger partial charge is 0.145 e. The third-order valence-corrected chi connectivity index (χ3v) is 3.39. The van der Waals surface area contributed by atoms with Crippen molar-refractivity contribution in [3.8, 4) is 0 Å². The molecule has 0 saturated carbocycles. The highest BCUT2D eigenvalue weighted by Crippen LogP contribution is 2.22. The molecular formula is C13H14BrF2N3. The van der Waals surface area contributed by atoms with Crippen LogP contribution in [0, 0.1) is 11.6 Å². The fourth-order valence-electron chi connectivity index (χ4n) is 1.85. The average Bonchev–Trinajstić information content (AvgIpc) is 2.76. The van der Waals surface area contributed by atoms with Gasteiger partial charge in [0.05, 0.1) is 11.0 Å². The minimum atomic E-state index is -0.583. The van der Waals surface area contributed by atoms with Crippen LogP contribution < -0.4 is 5.73 Å². The molecule has 1 unspecified atom stereocenters. The first kappa shape index (κ1) is 14.1. The van der Waals surface area contributed by atoms with E-state index in [0.29, 0.717) is 12.2 Å². The van der Waals surface area contributed by atoms with Gasteiger partial charge < -0.3 is 10.3 Å². The monoisotopic (exact) mass is 329 g/mol. The van der Waals surface area contributed by atoms with Gasteiger partial charge in [0, 0.05) is 30.4 Å². The van der Waals surface area contributed by atoms with E-state index < -0.39 is 11.6 Å². The molecule has 0 fully saturated rings. The molecule has 3 nitrogen and oxygen atoms in total. The third kappa shape index (κ3) is 3.19. The standard InChI is InChI=1S/C13H14BrF2N3/c1-8(17)6-12-18-4-5-19(12)7-9-11(15)3-2-10(14)13(9)16/h2-5,8H,6-7,17H2,1H3. The zero-order valence-electron chi connectivity index (χ0n) is 10.4. The number of benzene rings is 1. The van der Waals surface area contributed by atoms with Crippen molar-refractivity contribution in [3.05, 3.63) is 52.0 Å². The van der Waals surface area contributed by atoms with Crippen LogP contribution in [0.15, 0.2) is 29.0 Å². The predicted octanol–water partition coefficient (Wildman–Crippen LogP) is 2.86. The molecule has 1 atom stereocenters. The van der Waals surface area contributed by atoms with E-state index >= 15 is 0 Å². The second kappa shape index (κ2) is 5.79. The summed E-state index contributed by atoms with van der Waals surface area (Å²) in [4.78, 5) is 4.16. The Balaban J connectivity index is 2.32. The van der Waals surface area contributed by atoms with Crippen LogP contribution in [0.3, 0.4) is 0 Å². The van der Waals surface area contributed by atoms with Crippen molar-refractivity contribution in [1.29, 1.82) is 0 Å². The number of nitrogens with zero attached hydrogens (tertiary/aromatic N) is 2. The van der Waals surface area contributed by atoms with Gasteiger partial charge in [0.15, 0.2) is 0 Å². The molecule has 0 radical (unpaired) electrons. The van der Waals surface area contributed by atoms with Gasteiger partial charge in [-0.1, -0.05) is 0 Å². The number of hydrogen-bond acceptors (Lipinski definition) is 2. The lowest BCUT2D eigenvalue weighted by molar-refractivity contribution is 0.534. The summed E-state index contributed by atoms with van der Waals surface area (Å²) in [6, 6.07) is 2.54. The van der Waals surface area contributed by atoms with Gasteiger partial charge in [0.2, 0.25) is 0 Å². The lowest BCUT2D eigenvalue weighted by Crippen LogP contribution is -2.21. The lowest BCUT2D eigenvalue weighted by Gasteiger charge is -2.11. The summed E-state index contributed by atoms with van der Waals surface area (Å²) < 4.78 is 29.6. The molecule has 102 valence electrons. The zero-order chi connectivity index (χ0) is 14.0. The van der Waals surface area contributed by atoms with E-state index in [1.807, 2.05) is 6.92 Å². The maximum absolute atomic E-state index is 13.9. The number of nitrogens with two attached hydrogens (primary N) is 1. The van der Waals surface area contributed by atoms with Crippen LogP contribution in [-0.2, 0) is 13.0 Å². The highest BCUT2D eigenvalue weighted by atomic mass is 79.9. The van der Waals surface area contributed by atoms with Crippen LogP contribution >= 0.6 is 15.9 Å². The van der Waals surface area contributed by atoms with Crippen molar-refractivity contribution >= 4 is 15.9 Å². The molecule has 0 spiro atoms. The fourth-order valence-corrected chi connectivity index (χ4v) is 2.22. The molecule has 0 aliphatic rings. The Morgan fingerprint density at radius 1 is 1.42 bits per heavy atom. The second-order valence-corrected chi connectivity index (χ2v) is 5.33. The summed E-state index contributed by atoms with van der Waals surface area (Å²) in [5.74, 6) is -0.435. The summed E-state index contributed by atoms with van der Waals surface area (Å²) in [5, 5.41) is 0. The summed E-state index contributed by atoms with van der Waals surface area (Å²) in [6.07, 6.45) is 3.85. The highest BCUT2D eigenvalue weighted by molar-refractivity contribution is 9.10. The Morgan fingerprint density at radius 2 is 2.16 bits per heavy atom. The van der Waals surface area contributed by atoms with Gasteiger partial charge in [-0.25, -0.2) is 13.8 Å². The first-order chi connectivity index (χ1) is 8.99. The van der Waals surface area contributed by atoms with Crippen molar-refractivity contribution in [2.24, 2.45) is 5.73 Å². The minimum absolute atomic E-state index is 0.0123. The van der Waals surface area contributed by atoms with Crippen LogP contribution in [-0.4, -0.2) is 15.6 Å². The topological polar surface area (TPSA) is 43.8 Å². The quantitative estimate of drug-likeness (QED) is 0.876. The largest absolute Gasteiger partial charge is 0.330 e. The highest BCUT2D eigenvalue weighted by Gasteiger charge is 2.14. The van der Waals surface area contributed by atoms with Crippen molar-refractivity contribution < 1.29 is 8.78 Å². The number of hydrogen-bond donors (Lipinski definition) is 1. The summed E-state index contributed by atoms with van der Waals surface area (Å²) in [6.45, 7) is 1.96. The molecular weight excluding hydrogens is 316 g/mol. The van der Waals surface area contributed by atoms with Gasteiger partial charge in [-0.15, -0.1) is 0 Å². The van der Waals surface area contributed by atoms with Gasteiger partial charge in [0.1, 0.15) is 17.5 Å². The minimum Gasteiger partial charge on any atom is -0.330 e. The Labute approximate surface area is 118 Å². The van der Waals surface area contributed by atoms with Gasteiger partial charge in [-0.05, 0) is 35.0 Å². The van der Waals surface area contributed by atoms with Crippen LogP contribution in [0.5, 0.6) is 0 Å². The maximum atomic E-state index is 13.9. The molecule has 0 bridgehead atoms. The molecule has 0 amide bonds. The molecule has 0 aliphatic heterocycles. The molecule has 2 N–H and O–H groups in total. The van der Waals surface area contributed by atoms with Gasteiger partial charge in [-0.3, -0.25) is 0 Å². The molecule has 1 heterocycles. The van der Waals surface area contributed by atoms with Crippen LogP contribution in [0.1, 0.15) is 18.3 Å². The van der Waals surface area contributed by atoms with E-state index in [-0.39, 0.29) is 22.6 Å². The number of halogens is 3. The SMILES string of the molecule is CC(N)Cc1nccn1Cc1c(F)ccc(Br)c1F. The molecule has 6 heteroatoms. The van der Waals surface area contributed by atoms with E-state index in [0.717, 1.165) is 0 Å². The van der Waals surface area contributed by atoms with Crippen molar-refractivity contribution in [2.45, 2.75) is 25.9 Å². The van der Waals surface area contributed by atoms with Crippen molar-refractivity contribution in [2.75, 3.05) is 0 Å². The van der Waals surface area contributed by atoms with E-state index in [2.05, 4.69) is 20.9 Å². The summed E-state index contributed by atoms with van der Waals surface area (Å²) in [5.41, 5.74) is 5.73. The predicted molar refractivity (Wildman–Crippen MR) is 72.7 cm³/mol. The summed E-state index contributed by atoms with van der Waals surface area (Å²) in [7, 11) is 0. The van der Waals surface area contributed by atoms with Crippen LogP contribution in [0.25, 0.3) is 0 Å². The maximum Gasteiger partial charge on any atom is 0.145 e. The van der Waals surface area contributed by atoms with Crippen molar-refractivity contribution in [1.82, 2.24) is 9.55 Å². The fraction of sp³-hybridized carbons (Fsp3) is 0.308. The molecule has 2 rings (SSSR count). The Morgan fingerprint density at radius 3 is 2.84 bits per heavy atom. The van der Waals surface area contributed by atoms with E-state index in [9.17, 15) is 8.78 Å². The molecule has 19 heavy (non-hydrogen) atoms. The van der Waals surface area contributed by atoms with Gasteiger partial charge in [-0.2, -0.15) is 0 Å². The Bertz CT molecular complexity index is 581. The molecule has 0 saturated heterocycles. The van der Waals surface area contributed by atoms with Gasteiger partial charge in [0.25, 0.3) is 0 Å². The summed E-state index contributed by atoms with van der Waals surface area (Å²) >= 11 is 3.06. The van der Waals surface area contributed by atoms with E-state index in [1.54, 1.807) is 17.0 Å². The molecule has 1 aromatic heterocycles. The van der Waals surface area contributed by atoms with E-state index in [1.165, 1.54) is 12.1 Å². The normalized spacial score (nSPS) is 12.7. The second-order valence-electron chi connectivity index (χ2n) is 4.47. The van der Waals surface area contributed by atoms with Crippen LogP contribution in [0.2, 0.25) is 0 Å². The van der Waals surface area contributed by atoms with Crippen LogP contribution in [0.4, 0.5) is 8.78 Å².